The molecule has 0 aliphatic heterocycles. The molecule has 0 aliphatic rings. The Hall–Kier alpha value is -5.38. The van der Waals surface area contributed by atoms with Crippen LogP contribution in [0, 0.1) is 10.1 Å². The highest BCUT2D eigenvalue weighted by Crippen LogP contribution is 2.36. The summed E-state index contributed by atoms with van der Waals surface area (Å²) >= 11 is 0. The largest absolute Gasteiger partial charge is 0.462 e. The molecule has 194 valence electrons. The van der Waals surface area contributed by atoms with E-state index in [1.165, 1.54) is 28.8 Å². The Bertz CT molecular complexity index is 1810. The molecule has 0 bridgehead atoms. The third kappa shape index (κ3) is 4.82. The van der Waals surface area contributed by atoms with E-state index in [-0.39, 0.29) is 46.7 Å². The number of aromatic nitrogens is 3. The van der Waals surface area contributed by atoms with Crippen LogP contribution in [-0.2, 0) is 11.3 Å². The number of pyridine rings is 1. The minimum Gasteiger partial charge on any atom is -0.462 e. The van der Waals surface area contributed by atoms with Crippen molar-refractivity contribution in [3.63, 3.8) is 0 Å². The lowest BCUT2D eigenvalue weighted by Crippen LogP contribution is -2.32. The number of nitro benzene ring substituents is 1. The number of esters is 1. The zero-order chi connectivity index (χ0) is 27.5. The van der Waals surface area contributed by atoms with Crippen LogP contribution >= 0.6 is 0 Å². The van der Waals surface area contributed by atoms with Crippen LogP contribution in [0.2, 0.25) is 0 Å². The summed E-state index contributed by atoms with van der Waals surface area (Å²) in [6, 6.07) is 23.5. The van der Waals surface area contributed by atoms with Crippen molar-refractivity contribution in [2.75, 3.05) is 6.61 Å². The van der Waals surface area contributed by atoms with Crippen molar-refractivity contribution in [1.82, 2.24) is 14.5 Å². The van der Waals surface area contributed by atoms with Gasteiger partial charge in [0.1, 0.15) is 0 Å². The van der Waals surface area contributed by atoms with Crippen LogP contribution in [0.15, 0.2) is 94.5 Å². The number of carbonyl (C=O) groups is 1. The monoisotopic (exact) mass is 522 g/mol. The molecule has 0 aliphatic carbocycles. The van der Waals surface area contributed by atoms with Gasteiger partial charge in [0.2, 0.25) is 0 Å². The van der Waals surface area contributed by atoms with Gasteiger partial charge in [-0.2, -0.15) is 0 Å². The summed E-state index contributed by atoms with van der Waals surface area (Å²) in [6.07, 6.45) is 0. The van der Waals surface area contributed by atoms with E-state index in [0.29, 0.717) is 11.1 Å². The number of nitro groups is 1. The predicted octanol–water partition coefficient (Wildman–Crippen LogP) is 4.55. The minimum absolute atomic E-state index is 0.0119. The van der Waals surface area contributed by atoms with Gasteiger partial charge in [-0.1, -0.05) is 60.7 Å². The molecule has 5 rings (SSSR count). The highest BCUT2D eigenvalue weighted by atomic mass is 16.6. The van der Waals surface area contributed by atoms with Crippen molar-refractivity contribution in [2.45, 2.75) is 13.5 Å². The van der Waals surface area contributed by atoms with Crippen LogP contribution in [0.4, 0.5) is 5.69 Å². The smallest absolute Gasteiger partial charge is 0.341 e. The molecule has 1 N–H and O–H groups in total. The molecule has 0 fully saturated rings. The molecule has 0 saturated carbocycles. The van der Waals surface area contributed by atoms with Gasteiger partial charge in [0, 0.05) is 23.3 Å². The summed E-state index contributed by atoms with van der Waals surface area (Å²) in [4.78, 5) is 57.8. The fourth-order valence-corrected chi connectivity index (χ4v) is 4.46. The molecule has 10 heteroatoms. The number of fused-ring (bicyclic) bond motifs is 1. The summed E-state index contributed by atoms with van der Waals surface area (Å²) in [5.41, 5.74) is 0.583. The van der Waals surface area contributed by atoms with Gasteiger partial charge < -0.3 is 4.74 Å². The Morgan fingerprint density at radius 2 is 1.59 bits per heavy atom. The normalized spacial score (nSPS) is 10.9. The number of benzene rings is 3. The average molecular weight is 523 g/mol. The number of H-pyrrole nitrogens is 1. The lowest BCUT2D eigenvalue weighted by molar-refractivity contribution is -0.384. The second-order valence-corrected chi connectivity index (χ2v) is 8.63. The Kier molecular flexibility index (Phi) is 6.83. The summed E-state index contributed by atoms with van der Waals surface area (Å²) in [7, 11) is 0. The van der Waals surface area contributed by atoms with Crippen LogP contribution in [0.3, 0.4) is 0 Å². The van der Waals surface area contributed by atoms with Gasteiger partial charge in [0.15, 0.2) is 5.65 Å². The summed E-state index contributed by atoms with van der Waals surface area (Å²) in [6.45, 7) is 1.83. The first-order valence-corrected chi connectivity index (χ1v) is 12.1. The average Bonchev–Trinajstić information content (AvgIpc) is 2.95. The number of ether oxygens (including phenoxy) is 1. The number of rotatable bonds is 7. The molecule has 0 amide bonds. The highest BCUT2D eigenvalue weighted by molar-refractivity contribution is 6.10. The molecule has 2 heterocycles. The maximum absolute atomic E-state index is 13.5. The van der Waals surface area contributed by atoms with Crippen LogP contribution < -0.4 is 11.2 Å². The van der Waals surface area contributed by atoms with Gasteiger partial charge in [0.25, 0.3) is 11.2 Å². The number of nitrogens with one attached hydrogen (secondary N) is 1. The zero-order valence-corrected chi connectivity index (χ0v) is 20.8. The van der Waals surface area contributed by atoms with E-state index in [9.17, 15) is 24.5 Å². The maximum atomic E-state index is 13.5. The first-order valence-electron chi connectivity index (χ1n) is 12.1. The van der Waals surface area contributed by atoms with Crippen molar-refractivity contribution in [3.05, 3.63) is 127 Å². The van der Waals surface area contributed by atoms with E-state index >= 15 is 0 Å². The second-order valence-electron chi connectivity index (χ2n) is 8.63. The highest BCUT2D eigenvalue weighted by Gasteiger charge is 2.28. The Morgan fingerprint density at radius 3 is 2.21 bits per heavy atom. The molecule has 0 spiro atoms. The molecular formula is C29H22N4O6. The second kappa shape index (κ2) is 10.5. The fraction of sp³-hybridized carbons (Fsp3) is 0.103. The first-order chi connectivity index (χ1) is 18.9. The molecule has 39 heavy (non-hydrogen) atoms. The Morgan fingerprint density at radius 1 is 0.949 bits per heavy atom. The number of hydrogen-bond donors (Lipinski definition) is 1. The quantitative estimate of drug-likeness (QED) is 0.188. The molecule has 2 aromatic heterocycles. The lowest BCUT2D eigenvalue weighted by Gasteiger charge is -2.18. The molecule has 5 aromatic rings. The Balaban J connectivity index is 1.95. The number of non-ortho nitro benzene ring substituents is 1. The van der Waals surface area contributed by atoms with Gasteiger partial charge in [-0.05, 0) is 30.2 Å². The predicted molar refractivity (Wildman–Crippen MR) is 146 cm³/mol. The number of nitrogens with zero attached hydrogens (tertiary/aromatic N) is 3. The third-order valence-electron chi connectivity index (χ3n) is 6.20. The molecule has 0 unspecified atom stereocenters. The third-order valence-corrected chi connectivity index (χ3v) is 6.20. The van der Waals surface area contributed by atoms with Crippen LogP contribution in [0.5, 0.6) is 0 Å². The standard InChI is InChI=1S/C29H22N4O6/c1-2-39-28(35)23-22(19-13-15-21(16-14-19)33(37)38)24-26(30-25(23)20-11-7-4-8-12-20)32(29(36)31-27(24)34)17-18-9-5-3-6-10-18/h3-16H,2,17H2,1H3,(H,31,34,36). The van der Waals surface area contributed by atoms with E-state index in [2.05, 4.69) is 4.98 Å². The summed E-state index contributed by atoms with van der Waals surface area (Å²) < 4.78 is 6.72. The van der Waals surface area contributed by atoms with Crippen LogP contribution in [-0.4, -0.2) is 32.0 Å². The van der Waals surface area contributed by atoms with Crippen LogP contribution in [0.1, 0.15) is 22.8 Å². The van der Waals surface area contributed by atoms with Gasteiger partial charge in [-0.15, -0.1) is 0 Å². The summed E-state index contributed by atoms with van der Waals surface area (Å²) in [5.74, 6) is -0.723. The first kappa shape index (κ1) is 25.3. The molecule has 10 nitrogen and oxygen atoms in total. The van der Waals surface area contributed by atoms with Crippen molar-refractivity contribution >= 4 is 22.7 Å². The zero-order valence-electron chi connectivity index (χ0n) is 20.8. The molecule has 0 radical (unpaired) electrons. The van der Waals surface area contributed by atoms with Crippen molar-refractivity contribution in [3.8, 4) is 22.4 Å². The number of aromatic amines is 1. The maximum Gasteiger partial charge on any atom is 0.341 e. The molecule has 0 atom stereocenters. The van der Waals surface area contributed by atoms with Gasteiger partial charge >= 0.3 is 11.7 Å². The number of hydrogen-bond acceptors (Lipinski definition) is 7. The van der Waals surface area contributed by atoms with Crippen molar-refractivity contribution in [1.29, 1.82) is 0 Å². The fourth-order valence-electron chi connectivity index (χ4n) is 4.46. The minimum atomic E-state index is -0.745. The van der Waals surface area contributed by atoms with Crippen molar-refractivity contribution < 1.29 is 14.5 Å². The summed E-state index contributed by atoms with van der Waals surface area (Å²) in [5, 5.41) is 11.3. The van der Waals surface area contributed by atoms with E-state index in [1.54, 1.807) is 31.2 Å². The van der Waals surface area contributed by atoms with Gasteiger partial charge in [-0.3, -0.25) is 24.5 Å². The molecule has 3 aromatic carbocycles. The lowest BCUT2D eigenvalue weighted by atomic mass is 9.93. The molecular weight excluding hydrogens is 500 g/mol. The topological polar surface area (TPSA) is 137 Å². The van der Waals surface area contributed by atoms with Gasteiger partial charge in [0.05, 0.1) is 34.7 Å². The van der Waals surface area contributed by atoms with E-state index in [0.717, 1.165) is 5.56 Å². The number of carbonyl (C=O) groups excluding carboxylic acids is 1. The van der Waals surface area contributed by atoms with E-state index < -0.39 is 22.1 Å². The Labute approximate surface area is 221 Å². The van der Waals surface area contributed by atoms with E-state index in [4.69, 9.17) is 9.72 Å². The van der Waals surface area contributed by atoms with Gasteiger partial charge in [-0.25, -0.2) is 14.6 Å². The van der Waals surface area contributed by atoms with E-state index in [1.807, 2.05) is 36.4 Å². The van der Waals surface area contributed by atoms with Crippen molar-refractivity contribution in [2.24, 2.45) is 0 Å². The van der Waals surface area contributed by atoms with Crippen LogP contribution in [0.25, 0.3) is 33.4 Å². The molecule has 0 saturated heterocycles. The SMILES string of the molecule is CCOC(=O)c1c(-c2ccccc2)nc2c(c1-c1ccc([N+](=O)[O-])cc1)c(=O)[nH]c(=O)n2Cc1ccccc1.